The molecule has 0 aliphatic rings. The van der Waals surface area contributed by atoms with E-state index in [9.17, 15) is 0 Å². The lowest BCUT2D eigenvalue weighted by molar-refractivity contribution is 0.299. The molecule has 0 unspecified atom stereocenters. The van der Waals surface area contributed by atoms with Crippen molar-refractivity contribution in [1.82, 2.24) is 4.98 Å². The minimum atomic E-state index is 0.188. The zero-order valence-corrected chi connectivity index (χ0v) is 9.77. The van der Waals surface area contributed by atoms with E-state index < -0.39 is 0 Å². The number of aromatic nitrogens is 1. The highest BCUT2D eigenvalue weighted by Gasteiger charge is 2.12. The summed E-state index contributed by atoms with van der Waals surface area (Å²) >= 11 is 1.75. The smallest absolute Gasteiger partial charge is 0.0965 e. The van der Waals surface area contributed by atoms with Gasteiger partial charge >= 0.3 is 0 Å². The van der Waals surface area contributed by atoms with Gasteiger partial charge in [-0.1, -0.05) is 26.8 Å². The average molecular weight is 211 g/mol. The molecule has 0 saturated carbocycles. The molecule has 0 spiro atoms. The summed E-state index contributed by atoms with van der Waals surface area (Å²) in [5.41, 5.74) is 1.09. The Morgan fingerprint density at radius 2 is 2.07 bits per heavy atom. The van der Waals surface area contributed by atoms with Gasteiger partial charge in [-0.3, -0.25) is 0 Å². The van der Waals surface area contributed by atoms with Gasteiger partial charge < -0.3 is 5.11 Å². The lowest BCUT2D eigenvalue weighted by Crippen LogP contribution is -2.07. The van der Waals surface area contributed by atoms with Crippen molar-refractivity contribution in [2.24, 2.45) is 0 Å². The van der Waals surface area contributed by atoms with E-state index in [0.29, 0.717) is 6.42 Å². The predicted molar refractivity (Wildman–Crippen MR) is 60.6 cm³/mol. The van der Waals surface area contributed by atoms with Gasteiger partial charge in [-0.25, -0.2) is 4.98 Å². The number of nitrogens with zero attached hydrogens (tertiary/aromatic N) is 1. The van der Waals surface area contributed by atoms with Crippen LogP contribution in [-0.2, 0) is 6.42 Å². The average Bonchev–Trinajstić information content (AvgIpc) is 2.06. The normalized spacial score (nSPS) is 11.7. The van der Waals surface area contributed by atoms with E-state index >= 15 is 0 Å². The number of hydrogen-bond donors (Lipinski definition) is 1. The SMILES string of the molecule is CC(C)(C)Sc1ccc(CCO)cn1. The first-order valence-electron chi connectivity index (χ1n) is 4.76. The molecule has 0 amide bonds. The second-order valence-corrected chi connectivity index (χ2v) is 6.04. The van der Waals surface area contributed by atoms with Crippen molar-refractivity contribution < 1.29 is 5.11 Å². The summed E-state index contributed by atoms with van der Waals surface area (Å²) in [6, 6.07) is 4.04. The van der Waals surface area contributed by atoms with Gasteiger partial charge in [0.1, 0.15) is 0 Å². The summed E-state index contributed by atoms with van der Waals surface area (Å²) in [4.78, 5) is 4.33. The molecule has 3 heteroatoms. The standard InChI is InChI=1S/C11H17NOS/c1-11(2,3)14-10-5-4-9(6-7-13)8-12-10/h4-5,8,13H,6-7H2,1-3H3. The van der Waals surface area contributed by atoms with Crippen molar-refractivity contribution >= 4 is 11.8 Å². The minimum Gasteiger partial charge on any atom is -0.396 e. The van der Waals surface area contributed by atoms with Crippen LogP contribution < -0.4 is 0 Å². The predicted octanol–water partition coefficient (Wildman–Crippen LogP) is 2.51. The third-order valence-electron chi connectivity index (χ3n) is 1.61. The van der Waals surface area contributed by atoms with Gasteiger partial charge in [-0.2, -0.15) is 0 Å². The molecule has 1 rings (SSSR count). The summed E-state index contributed by atoms with van der Waals surface area (Å²) in [5, 5.41) is 9.78. The van der Waals surface area contributed by atoms with Gasteiger partial charge in [0.15, 0.2) is 0 Å². The summed E-state index contributed by atoms with van der Waals surface area (Å²) in [5.74, 6) is 0. The Hall–Kier alpha value is -0.540. The first-order chi connectivity index (χ1) is 6.51. The molecule has 1 heterocycles. The summed E-state index contributed by atoms with van der Waals surface area (Å²) < 4.78 is 0.200. The highest BCUT2D eigenvalue weighted by molar-refractivity contribution is 8.00. The molecule has 0 bridgehead atoms. The molecule has 1 aromatic rings. The molecule has 1 N–H and O–H groups in total. The van der Waals surface area contributed by atoms with Crippen molar-refractivity contribution in [3.05, 3.63) is 23.9 Å². The highest BCUT2D eigenvalue weighted by atomic mass is 32.2. The van der Waals surface area contributed by atoms with Crippen molar-refractivity contribution in [2.45, 2.75) is 37.0 Å². The van der Waals surface area contributed by atoms with E-state index in [1.54, 1.807) is 11.8 Å². The fourth-order valence-electron chi connectivity index (χ4n) is 1.06. The Balaban J connectivity index is 2.64. The van der Waals surface area contributed by atoms with Gasteiger partial charge in [0.25, 0.3) is 0 Å². The second kappa shape index (κ2) is 4.80. The van der Waals surface area contributed by atoms with Crippen LogP contribution in [-0.4, -0.2) is 21.4 Å². The molecule has 14 heavy (non-hydrogen) atoms. The Bertz CT molecular complexity index is 276. The van der Waals surface area contributed by atoms with Gasteiger partial charge in [0.2, 0.25) is 0 Å². The molecular weight excluding hydrogens is 194 g/mol. The van der Waals surface area contributed by atoms with Crippen molar-refractivity contribution in [3.63, 3.8) is 0 Å². The molecule has 0 atom stereocenters. The lowest BCUT2D eigenvalue weighted by Gasteiger charge is -2.16. The van der Waals surface area contributed by atoms with E-state index in [4.69, 9.17) is 5.11 Å². The quantitative estimate of drug-likeness (QED) is 0.780. The highest BCUT2D eigenvalue weighted by Crippen LogP contribution is 2.29. The van der Waals surface area contributed by atoms with Crippen LogP contribution in [0.1, 0.15) is 26.3 Å². The van der Waals surface area contributed by atoms with Crippen LogP contribution >= 0.6 is 11.8 Å². The third kappa shape index (κ3) is 4.11. The molecule has 1 aromatic heterocycles. The topological polar surface area (TPSA) is 33.1 Å². The largest absolute Gasteiger partial charge is 0.396 e. The number of aliphatic hydroxyl groups excluding tert-OH is 1. The molecule has 2 nitrogen and oxygen atoms in total. The number of thioether (sulfide) groups is 1. The van der Waals surface area contributed by atoms with Crippen LogP contribution in [0.4, 0.5) is 0 Å². The van der Waals surface area contributed by atoms with Gasteiger partial charge in [0, 0.05) is 17.6 Å². The van der Waals surface area contributed by atoms with Crippen LogP contribution in [0.15, 0.2) is 23.4 Å². The van der Waals surface area contributed by atoms with Crippen LogP contribution in [0.25, 0.3) is 0 Å². The van der Waals surface area contributed by atoms with E-state index in [-0.39, 0.29) is 11.4 Å². The Kier molecular flexibility index (Phi) is 3.96. The maximum atomic E-state index is 8.74. The summed E-state index contributed by atoms with van der Waals surface area (Å²) in [7, 11) is 0. The third-order valence-corrected chi connectivity index (χ3v) is 2.67. The van der Waals surface area contributed by atoms with Crippen molar-refractivity contribution in [1.29, 1.82) is 0 Å². The zero-order valence-electron chi connectivity index (χ0n) is 8.95. The molecule has 0 radical (unpaired) electrons. The van der Waals surface area contributed by atoms with Gasteiger partial charge in [-0.05, 0) is 18.1 Å². The molecule has 0 aliphatic carbocycles. The van der Waals surface area contributed by atoms with Crippen molar-refractivity contribution in [3.8, 4) is 0 Å². The van der Waals surface area contributed by atoms with Crippen LogP contribution in [0.2, 0.25) is 0 Å². The second-order valence-electron chi connectivity index (χ2n) is 4.19. The van der Waals surface area contributed by atoms with Crippen LogP contribution in [0.5, 0.6) is 0 Å². The summed E-state index contributed by atoms with van der Waals surface area (Å²) in [6.45, 7) is 6.69. The number of pyridine rings is 1. The van der Waals surface area contributed by atoms with Crippen LogP contribution in [0.3, 0.4) is 0 Å². The molecule has 0 saturated heterocycles. The van der Waals surface area contributed by atoms with E-state index in [1.807, 2.05) is 18.3 Å². The van der Waals surface area contributed by atoms with Crippen LogP contribution in [0, 0.1) is 0 Å². The molecule has 78 valence electrons. The maximum Gasteiger partial charge on any atom is 0.0965 e. The number of aliphatic hydroxyl groups is 1. The van der Waals surface area contributed by atoms with E-state index in [2.05, 4.69) is 25.8 Å². The Morgan fingerprint density at radius 3 is 2.50 bits per heavy atom. The van der Waals surface area contributed by atoms with Crippen molar-refractivity contribution in [2.75, 3.05) is 6.61 Å². The fraction of sp³-hybridized carbons (Fsp3) is 0.545. The van der Waals surface area contributed by atoms with E-state index in [1.165, 1.54) is 0 Å². The summed E-state index contributed by atoms with van der Waals surface area (Å²) in [6.07, 6.45) is 2.53. The van der Waals surface area contributed by atoms with Gasteiger partial charge in [-0.15, -0.1) is 11.8 Å². The van der Waals surface area contributed by atoms with Gasteiger partial charge in [0.05, 0.1) is 5.03 Å². The maximum absolute atomic E-state index is 8.74. The molecule has 0 aromatic carbocycles. The first-order valence-corrected chi connectivity index (χ1v) is 5.58. The Morgan fingerprint density at radius 1 is 1.36 bits per heavy atom. The number of rotatable bonds is 3. The molecular formula is C11H17NOS. The lowest BCUT2D eigenvalue weighted by atomic mass is 10.2. The Labute approximate surface area is 89.8 Å². The number of hydrogen-bond acceptors (Lipinski definition) is 3. The zero-order chi connectivity index (χ0) is 10.6. The first kappa shape index (κ1) is 11.5. The molecule has 0 fully saturated rings. The monoisotopic (exact) mass is 211 g/mol. The minimum absolute atomic E-state index is 0.188. The molecule has 0 aliphatic heterocycles. The van der Waals surface area contributed by atoms with E-state index in [0.717, 1.165) is 10.6 Å². The fourth-order valence-corrected chi connectivity index (χ4v) is 1.93.